The van der Waals surface area contributed by atoms with E-state index in [4.69, 9.17) is 9.90 Å². The number of nitrogens with one attached hydrogen (secondary N) is 2. The highest BCUT2D eigenvalue weighted by molar-refractivity contribution is 7.98. The second-order valence-electron chi connectivity index (χ2n) is 10.2. The quantitative estimate of drug-likeness (QED) is 0.223. The van der Waals surface area contributed by atoms with Crippen LogP contribution in [0.2, 0.25) is 0 Å². The molecule has 10 nitrogen and oxygen atoms in total. The predicted molar refractivity (Wildman–Crippen MR) is 158 cm³/mol. The van der Waals surface area contributed by atoms with Crippen molar-refractivity contribution < 1.29 is 37.8 Å². The molecule has 0 aliphatic carbocycles. The predicted octanol–water partition coefficient (Wildman–Crippen LogP) is 3.99. The molecule has 3 aromatic rings. The average molecular weight is 624 g/mol. The third kappa shape index (κ3) is 10.9. The minimum atomic E-state index is -5.08. The number of hydrogen-bond donors (Lipinski definition) is 4. The van der Waals surface area contributed by atoms with Gasteiger partial charge in [0.05, 0.1) is 18.6 Å². The SMILES string of the molecule is CSCCC(NC(=O)CN(Cc1cccc2ccccc12)C[C@@H]1CCCN1Cc1c[nH]cn1)C(=O)O.O=C(O)C(F)(F)F. The van der Waals surface area contributed by atoms with Gasteiger partial charge in [0.2, 0.25) is 5.91 Å². The number of carbonyl (C=O) groups is 3. The molecule has 1 amide bonds. The Kier molecular flexibility index (Phi) is 12.8. The van der Waals surface area contributed by atoms with Gasteiger partial charge in [-0.2, -0.15) is 24.9 Å². The number of imidazole rings is 1. The summed E-state index contributed by atoms with van der Waals surface area (Å²) in [5.41, 5.74) is 2.17. The van der Waals surface area contributed by atoms with Gasteiger partial charge in [0.1, 0.15) is 6.04 Å². The minimum absolute atomic E-state index is 0.152. The van der Waals surface area contributed by atoms with Gasteiger partial charge in [0.15, 0.2) is 0 Å². The van der Waals surface area contributed by atoms with Crippen molar-refractivity contribution in [2.24, 2.45) is 0 Å². The van der Waals surface area contributed by atoms with E-state index in [2.05, 4.69) is 55.4 Å². The van der Waals surface area contributed by atoms with Gasteiger partial charge in [-0.15, -0.1) is 0 Å². The van der Waals surface area contributed by atoms with Crippen LogP contribution in [0.15, 0.2) is 55.0 Å². The number of H-pyrrole nitrogens is 1. The zero-order valence-corrected chi connectivity index (χ0v) is 24.5. The average Bonchev–Trinajstić information content (AvgIpc) is 3.63. The number of aromatic amines is 1. The zero-order valence-electron chi connectivity index (χ0n) is 23.7. The number of amides is 1. The van der Waals surface area contributed by atoms with E-state index in [1.807, 2.05) is 24.6 Å². The van der Waals surface area contributed by atoms with Crippen LogP contribution in [-0.2, 0) is 27.5 Å². The lowest BCUT2D eigenvalue weighted by atomic mass is 10.0. The molecular formula is C29H36F3N5O5S. The van der Waals surface area contributed by atoms with Crippen molar-refractivity contribution >= 4 is 40.4 Å². The molecule has 2 heterocycles. The smallest absolute Gasteiger partial charge is 0.480 e. The number of fused-ring (bicyclic) bond motifs is 1. The Morgan fingerprint density at radius 2 is 1.91 bits per heavy atom. The van der Waals surface area contributed by atoms with Gasteiger partial charge in [-0.25, -0.2) is 14.6 Å². The highest BCUT2D eigenvalue weighted by Gasteiger charge is 2.38. The Morgan fingerprint density at radius 1 is 1.19 bits per heavy atom. The summed E-state index contributed by atoms with van der Waals surface area (Å²) in [6, 6.07) is 14.0. The van der Waals surface area contributed by atoms with Gasteiger partial charge in [-0.05, 0) is 54.2 Å². The molecule has 1 unspecified atom stereocenters. The molecule has 0 radical (unpaired) electrons. The molecule has 234 valence electrons. The van der Waals surface area contributed by atoms with Crippen LogP contribution >= 0.6 is 11.8 Å². The van der Waals surface area contributed by atoms with Crippen LogP contribution in [0, 0.1) is 0 Å². The standard InChI is InChI=1S/C27H35N5O3S.C2HF3O2/c1-36-13-11-25(27(34)35)30-26(33)18-31(15-21-8-4-7-20-6-2-3-10-24(20)21)17-23-9-5-12-32(23)16-22-14-28-19-29-22;3-2(4,5)1(6)7/h2-4,6-8,10,14,19,23,25H,5,9,11-13,15-18H2,1H3,(H,28,29)(H,30,33)(H,34,35);(H,6,7)/t23-,25?;/m0./s1. The molecule has 0 bridgehead atoms. The van der Waals surface area contributed by atoms with Crippen molar-refractivity contribution in [2.75, 3.05) is 31.6 Å². The van der Waals surface area contributed by atoms with Gasteiger partial charge in [-0.3, -0.25) is 14.6 Å². The van der Waals surface area contributed by atoms with Crippen molar-refractivity contribution in [3.8, 4) is 0 Å². The number of carbonyl (C=O) groups excluding carboxylic acids is 1. The van der Waals surface area contributed by atoms with E-state index in [9.17, 15) is 27.9 Å². The molecule has 4 rings (SSSR count). The van der Waals surface area contributed by atoms with Crippen molar-refractivity contribution in [1.29, 1.82) is 0 Å². The summed E-state index contributed by atoms with van der Waals surface area (Å²) in [7, 11) is 0. The Bertz CT molecular complexity index is 1340. The molecule has 0 spiro atoms. The third-order valence-electron chi connectivity index (χ3n) is 7.02. The number of nitrogens with zero attached hydrogens (tertiary/aromatic N) is 3. The molecule has 14 heteroatoms. The number of carboxylic acids is 2. The van der Waals surface area contributed by atoms with Gasteiger partial charge < -0.3 is 20.5 Å². The molecule has 43 heavy (non-hydrogen) atoms. The van der Waals surface area contributed by atoms with Gasteiger partial charge in [-0.1, -0.05) is 42.5 Å². The number of halogens is 3. The Hall–Kier alpha value is -3.62. The van der Waals surface area contributed by atoms with Gasteiger partial charge in [0.25, 0.3) is 0 Å². The first-order chi connectivity index (χ1) is 20.5. The molecule has 1 aliphatic rings. The Morgan fingerprint density at radius 3 is 2.56 bits per heavy atom. The van der Waals surface area contributed by atoms with E-state index in [0.717, 1.165) is 43.7 Å². The fraction of sp³-hybridized carbons (Fsp3) is 0.448. The number of aliphatic carboxylic acids is 2. The van der Waals surface area contributed by atoms with E-state index < -0.39 is 24.2 Å². The molecule has 4 N–H and O–H groups in total. The highest BCUT2D eigenvalue weighted by atomic mass is 32.2. The normalized spacial score (nSPS) is 16.1. The van der Waals surface area contributed by atoms with Crippen LogP contribution in [0.4, 0.5) is 13.2 Å². The lowest BCUT2D eigenvalue weighted by Crippen LogP contribution is -2.48. The Labute approximate surface area is 251 Å². The molecule has 1 aromatic heterocycles. The van der Waals surface area contributed by atoms with Crippen molar-refractivity contribution in [3.63, 3.8) is 0 Å². The first kappa shape index (κ1) is 33.9. The lowest BCUT2D eigenvalue weighted by Gasteiger charge is -2.31. The molecule has 1 fully saturated rings. The number of hydrogen-bond acceptors (Lipinski definition) is 7. The maximum absolute atomic E-state index is 13.0. The van der Waals surface area contributed by atoms with E-state index in [1.165, 1.54) is 10.8 Å². The summed E-state index contributed by atoms with van der Waals surface area (Å²) >= 11 is 1.58. The monoisotopic (exact) mass is 623 g/mol. The number of rotatable bonds is 13. The zero-order chi connectivity index (χ0) is 31.4. The van der Waals surface area contributed by atoms with Crippen molar-refractivity contribution in [1.82, 2.24) is 25.1 Å². The highest BCUT2D eigenvalue weighted by Crippen LogP contribution is 2.24. The summed E-state index contributed by atoms with van der Waals surface area (Å²) in [5.74, 6) is -3.31. The second kappa shape index (κ2) is 16.3. The van der Waals surface area contributed by atoms with Crippen LogP contribution in [0.25, 0.3) is 10.8 Å². The summed E-state index contributed by atoms with van der Waals surface area (Å²) in [4.78, 5) is 45.6. The summed E-state index contributed by atoms with van der Waals surface area (Å²) < 4.78 is 31.7. The topological polar surface area (TPSA) is 139 Å². The number of aromatic nitrogens is 2. The Balaban J connectivity index is 0.000000646. The van der Waals surface area contributed by atoms with Crippen LogP contribution in [0.3, 0.4) is 0 Å². The number of benzene rings is 2. The number of carboxylic acid groups (broad SMARTS) is 2. The van der Waals surface area contributed by atoms with Crippen LogP contribution in [0.1, 0.15) is 30.5 Å². The number of thioether (sulfide) groups is 1. The molecule has 2 aromatic carbocycles. The summed E-state index contributed by atoms with van der Waals surface area (Å²) in [5, 5.41) is 21.8. The van der Waals surface area contributed by atoms with E-state index in [1.54, 1.807) is 18.1 Å². The lowest BCUT2D eigenvalue weighted by molar-refractivity contribution is -0.192. The largest absolute Gasteiger partial charge is 0.490 e. The van der Waals surface area contributed by atoms with Gasteiger partial charge >= 0.3 is 18.1 Å². The summed E-state index contributed by atoms with van der Waals surface area (Å²) in [6.07, 6.45) is 3.06. The van der Waals surface area contributed by atoms with Gasteiger partial charge in [0, 0.05) is 31.9 Å². The fourth-order valence-electron chi connectivity index (χ4n) is 4.99. The molecule has 0 saturated carbocycles. The fourth-order valence-corrected chi connectivity index (χ4v) is 5.46. The maximum Gasteiger partial charge on any atom is 0.490 e. The molecular weight excluding hydrogens is 587 g/mol. The van der Waals surface area contributed by atoms with Crippen LogP contribution in [0.5, 0.6) is 0 Å². The van der Waals surface area contributed by atoms with E-state index >= 15 is 0 Å². The second-order valence-corrected chi connectivity index (χ2v) is 11.2. The molecule has 1 aliphatic heterocycles. The minimum Gasteiger partial charge on any atom is -0.480 e. The molecule has 2 atom stereocenters. The maximum atomic E-state index is 13.0. The van der Waals surface area contributed by atoms with Crippen molar-refractivity contribution in [3.05, 3.63) is 66.2 Å². The van der Waals surface area contributed by atoms with Crippen LogP contribution < -0.4 is 5.32 Å². The summed E-state index contributed by atoms with van der Waals surface area (Å²) in [6.45, 7) is 3.27. The number of likely N-dealkylation sites (tertiary alicyclic amines) is 1. The van der Waals surface area contributed by atoms with E-state index in [-0.39, 0.29) is 12.5 Å². The van der Waals surface area contributed by atoms with Crippen molar-refractivity contribution in [2.45, 2.75) is 50.6 Å². The van der Waals surface area contributed by atoms with Crippen LogP contribution in [-0.4, -0.2) is 97.7 Å². The third-order valence-corrected chi connectivity index (χ3v) is 7.66. The number of alkyl halides is 3. The van der Waals surface area contributed by atoms with E-state index in [0.29, 0.717) is 24.8 Å². The first-order valence-electron chi connectivity index (χ1n) is 13.7. The molecule has 1 saturated heterocycles. The first-order valence-corrected chi connectivity index (χ1v) is 15.1.